The van der Waals surface area contributed by atoms with Crippen molar-refractivity contribution in [1.29, 1.82) is 0 Å². The van der Waals surface area contributed by atoms with E-state index in [-0.39, 0.29) is 0 Å². The highest BCUT2D eigenvalue weighted by Gasteiger charge is 2.15. The summed E-state index contributed by atoms with van der Waals surface area (Å²) < 4.78 is 8.67. The number of hydrogen-bond acceptors (Lipinski definition) is 1. The molecule has 10 rings (SSSR count). The van der Waals surface area contributed by atoms with Gasteiger partial charge in [-0.3, -0.25) is 0 Å². The van der Waals surface area contributed by atoms with Crippen molar-refractivity contribution in [3.05, 3.63) is 164 Å². The van der Waals surface area contributed by atoms with Gasteiger partial charge in [0, 0.05) is 27.2 Å². The second-order valence-electron chi connectivity index (χ2n) is 12.1. The number of benzene rings is 8. The summed E-state index contributed by atoms with van der Waals surface area (Å²) in [5.74, 6) is 0. The zero-order valence-corrected chi connectivity index (χ0v) is 24.9. The Morgan fingerprint density at radius 3 is 1.54 bits per heavy atom. The third kappa shape index (κ3) is 3.71. The van der Waals surface area contributed by atoms with Gasteiger partial charge < -0.3 is 8.98 Å². The Bertz CT molecular complexity index is 2740. The SMILES string of the molecule is c1ccc2cc3c(cc2c1)oc1ccc(-c2ccc(-c4ccc(-n5c6ccccc6c6ccccc65)cc4)c4ccccc24)cc13. The van der Waals surface area contributed by atoms with E-state index in [1.807, 2.05) is 0 Å². The fourth-order valence-corrected chi connectivity index (χ4v) is 7.42. The van der Waals surface area contributed by atoms with Gasteiger partial charge in [0.15, 0.2) is 0 Å². The lowest BCUT2D eigenvalue weighted by Crippen LogP contribution is -1.93. The van der Waals surface area contributed by atoms with E-state index in [1.165, 1.54) is 65.6 Å². The number of rotatable bonds is 3. The van der Waals surface area contributed by atoms with Gasteiger partial charge in [-0.05, 0) is 92.3 Å². The quantitative estimate of drug-likeness (QED) is 0.202. The first kappa shape index (κ1) is 25.2. The van der Waals surface area contributed by atoms with E-state index in [1.54, 1.807) is 0 Å². The van der Waals surface area contributed by atoms with Gasteiger partial charge in [0.25, 0.3) is 0 Å². The zero-order valence-electron chi connectivity index (χ0n) is 24.9. The summed E-state index contributed by atoms with van der Waals surface area (Å²) in [5.41, 5.74) is 10.3. The monoisotopic (exact) mass is 585 g/mol. The van der Waals surface area contributed by atoms with Crippen molar-refractivity contribution in [1.82, 2.24) is 4.57 Å². The van der Waals surface area contributed by atoms with E-state index < -0.39 is 0 Å². The van der Waals surface area contributed by atoms with Crippen LogP contribution in [0.5, 0.6) is 0 Å². The Hall–Kier alpha value is -6.12. The van der Waals surface area contributed by atoms with Crippen molar-refractivity contribution in [2.75, 3.05) is 0 Å². The van der Waals surface area contributed by atoms with Gasteiger partial charge in [-0.15, -0.1) is 0 Å². The fourth-order valence-electron chi connectivity index (χ4n) is 7.42. The summed E-state index contributed by atoms with van der Waals surface area (Å²) >= 11 is 0. The topological polar surface area (TPSA) is 18.1 Å². The van der Waals surface area contributed by atoms with Gasteiger partial charge in [0.2, 0.25) is 0 Å². The first-order chi connectivity index (χ1) is 22.8. The summed E-state index contributed by atoms with van der Waals surface area (Å²) in [6.07, 6.45) is 0. The minimum absolute atomic E-state index is 0.915. The number of furan rings is 1. The molecule has 0 radical (unpaired) electrons. The molecule has 214 valence electrons. The average Bonchev–Trinajstić information content (AvgIpc) is 3.65. The third-order valence-corrected chi connectivity index (χ3v) is 9.59. The Morgan fingerprint density at radius 1 is 0.348 bits per heavy atom. The van der Waals surface area contributed by atoms with Gasteiger partial charge in [-0.1, -0.05) is 115 Å². The molecule has 0 fully saturated rings. The van der Waals surface area contributed by atoms with Crippen LogP contribution in [-0.2, 0) is 0 Å². The van der Waals surface area contributed by atoms with E-state index in [0.29, 0.717) is 0 Å². The lowest BCUT2D eigenvalue weighted by atomic mass is 9.91. The van der Waals surface area contributed by atoms with Crippen LogP contribution in [0.3, 0.4) is 0 Å². The summed E-state index contributed by atoms with van der Waals surface area (Å²) in [6, 6.07) is 59.1. The van der Waals surface area contributed by atoms with Gasteiger partial charge >= 0.3 is 0 Å². The molecule has 2 nitrogen and oxygen atoms in total. The van der Waals surface area contributed by atoms with Crippen LogP contribution in [-0.4, -0.2) is 4.57 Å². The largest absolute Gasteiger partial charge is 0.456 e. The molecule has 0 saturated heterocycles. The Labute approximate surface area is 265 Å². The number of hydrogen-bond donors (Lipinski definition) is 0. The molecule has 0 aliphatic carbocycles. The minimum Gasteiger partial charge on any atom is -0.456 e. The number of fused-ring (bicyclic) bond motifs is 8. The number of para-hydroxylation sites is 2. The molecule has 0 aliphatic rings. The van der Waals surface area contributed by atoms with Crippen molar-refractivity contribution in [3.63, 3.8) is 0 Å². The van der Waals surface area contributed by atoms with Crippen molar-refractivity contribution in [2.45, 2.75) is 0 Å². The Kier molecular flexibility index (Phi) is 5.31. The molecule has 0 unspecified atom stereocenters. The standard InChI is InChI=1S/C44H27NO/c1-2-10-30-27-44-40(25-29(30)9-1)39-26-31(19-24-43(39)46-44)34-23-22-33(35-11-3-4-12-36(34)35)28-17-20-32(21-18-28)45-41-15-7-5-13-37(41)38-14-6-8-16-42(38)45/h1-27H. The first-order valence-electron chi connectivity index (χ1n) is 15.8. The van der Waals surface area contributed by atoms with Crippen molar-refractivity contribution in [2.24, 2.45) is 0 Å². The third-order valence-electron chi connectivity index (χ3n) is 9.59. The van der Waals surface area contributed by atoms with Gasteiger partial charge in [-0.2, -0.15) is 0 Å². The molecule has 46 heavy (non-hydrogen) atoms. The smallest absolute Gasteiger partial charge is 0.136 e. The summed E-state index contributed by atoms with van der Waals surface area (Å²) in [7, 11) is 0. The Balaban J connectivity index is 1.09. The lowest BCUT2D eigenvalue weighted by Gasteiger charge is -2.13. The molecular formula is C44H27NO. The average molecular weight is 586 g/mol. The van der Waals surface area contributed by atoms with Crippen LogP contribution in [0.1, 0.15) is 0 Å². The van der Waals surface area contributed by atoms with E-state index in [9.17, 15) is 0 Å². The highest BCUT2D eigenvalue weighted by atomic mass is 16.3. The van der Waals surface area contributed by atoms with Crippen LogP contribution in [0.25, 0.3) is 93.2 Å². The van der Waals surface area contributed by atoms with Crippen LogP contribution in [0, 0.1) is 0 Å². The van der Waals surface area contributed by atoms with Crippen molar-refractivity contribution >= 4 is 65.3 Å². The molecule has 2 heterocycles. The molecule has 0 atom stereocenters. The summed E-state index contributed by atoms with van der Waals surface area (Å²) in [4.78, 5) is 0. The van der Waals surface area contributed by atoms with Gasteiger partial charge in [0.1, 0.15) is 11.2 Å². The van der Waals surface area contributed by atoms with Crippen LogP contribution >= 0.6 is 0 Å². The molecule has 10 aromatic rings. The van der Waals surface area contributed by atoms with E-state index in [2.05, 4.69) is 168 Å². The van der Waals surface area contributed by atoms with Crippen LogP contribution < -0.4 is 0 Å². The maximum atomic E-state index is 6.30. The molecular weight excluding hydrogens is 558 g/mol. The van der Waals surface area contributed by atoms with Crippen LogP contribution in [0.4, 0.5) is 0 Å². The molecule has 0 spiro atoms. The molecule has 0 N–H and O–H groups in total. The van der Waals surface area contributed by atoms with Gasteiger partial charge in [-0.25, -0.2) is 0 Å². The second kappa shape index (κ2) is 9.69. The predicted molar refractivity (Wildman–Crippen MR) is 194 cm³/mol. The number of nitrogens with zero attached hydrogens (tertiary/aromatic N) is 1. The lowest BCUT2D eigenvalue weighted by molar-refractivity contribution is 0.669. The fraction of sp³-hybridized carbons (Fsp3) is 0. The number of aromatic nitrogens is 1. The highest BCUT2D eigenvalue weighted by Crippen LogP contribution is 2.40. The van der Waals surface area contributed by atoms with Crippen LogP contribution in [0.2, 0.25) is 0 Å². The van der Waals surface area contributed by atoms with E-state index >= 15 is 0 Å². The molecule has 2 heteroatoms. The zero-order chi connectivity index (χ0) is 30.2. The summed E-state index contributed by atoms with van der Waals surface area (Å²) in [5, 5.41) is 9.75. The molecule has 0 amide bonds. The van der Waals surface area contributed by atoms with E-state index in [4.69, 9.17) is 4.42 Å². The van der Waals surface area contributed by atoms with Crippen LogP contribution in [0.15, 0.2) is 168 Å². The molecule has 2 aromatic heterocycles. The normalized spacial score (nSPS) is 11.9. The molecule has 0 aliphatic heterocycles. The highest BCUT2D eigenvalue weighted by molar-refractivity contribution is 6.13. The maximum Gasteiger partial charge on any atom is 0.136 e. The maximum absolute atomic E-state index is 6.30. The van der Waals surface area contributed by atoms with Crippen molar-refractivity contribution in [3.8, 4) is 27.9 Å². The molecule has 0 saturated carbocycles. The van der Waals surface area contributed by atoms with Crippen molar-refractivity contribution < 1.29 is 4.42 Å². The Morgan fingerprint density at radius 2 is 0.870 bits per heavy atom. The molecule has 0 bridgehead atoms. The minimum atomic E-state index is 0.915. The predicted octanol–water partition coefficient (Wildman–Crippen LogP) is 12.3. The van der Waals surface area contributed by atoms with E-state index in [0.717, 1.165) is 27.6 Å². The summed E-state index contributed by atoms with van der Waals surface area (Å²) in [6.45, 7) is 0. The molecule has 8 aromatic carbocycles. The second-order valence-corrected chi connectivity index (χ2v) is 12.1. The van der Waals surface area contributed by atoms with Gasteiger partial charge in [0.05, 0.1) is 11.0 Å². The first-order valence-corrected chi connectivity index (χ1v) is 15.8.